The molecule has 1 amide bonds. The minimum atomic E-state index is -0.489. The zero-order chi connectivity index (χ0) is 13.4. The predicted octanol–water partition coefficient (Wildman–Crippen LogP) is 1.98. The van der Waals surface area contributed by atoms with E-state index in [2.05, 4.69) is 5.32 Å². The summed E-state index contributed by atoms with van der Waals surface area (Å²) in [6, 6.07) is -0.489. The van der Waals surface area contributed by atoms with Crippen LogP contribution in [0.2, 0.25) is 0 Å². The number of thioether (sulfide) groups is 1. The van der Waals surface area contributed by atoms with Crippen molar-refractivity contribution >= 4 is 23.6 Å². The van der Waals surface area contributed by atoms with Gasteiger partial charge in [0.25, 0.3) is 0 Å². The molecule has 0 aromatic heterocycles. The Kier molecular flexibility index (Phi) is 7.16. The first-order valence-electron chi connectivity index (χ1n) is 6.56. The summed E-state index contributed by atoms with van der Waals surface area (Å²) in [6.45, 7) is 0. The largest absolute Gasteiger partial charge is 0.467 e. The van der Waals surface area contributed by atoms with Crippen LogP contribution in [0.3, 0.4) is 0 Å². The van der Waals surface area contributed by atoms with Crippen LogP contribution in [0.5, 0.6) is 0 Å². The second kappa shape index (κ2) is 8.40. The maximum Gasteiger partial charge on any atom is 0.328 e. The fraction of sp³-hybridized carbons (Fsp3) is 0.846. The van der Waals surface area contributed by atoms with Gasteiger partial charge in [-0.15, -0.1) is 0 Å². The first-order chi connectivity index (χ1) is 8.69. The Morgan fingerprint density at radius 1 is 1.33 bits per heavy atom. The topological polar surface area (TPSA) is 55.4 Å². The van der Waals surface area contributed by atoms with Gasteiger partial charge in [-0.3, -0.25) is 4.79 Å². The van der Waals surface area contributed by atoms with Crippen molar-refractivity contribution in [2.45, 2.75) is 44.6 Å². The van der Waals surface area contributed by atoms with Gasteiger partial charge < -0.3 is 10.1 Å². The van der Waals surface area contributed by atoms with E-state index in [1.165, 1.54) is 13.5 Å². The van der Waals surface area contributed by atoms with Crippen LogP contribution in [-0.2, 0) is 14.3 Å². The number of carbonyl (C=O) groups excluding carboxylic acids is 2. The van der Waals surface area contributed by atoms with Crippen LogP contribution in [0, 0.1) is 5.92 Å². The van der Waals surface area contributed by atoms with Crippen LogP contribution >= 0.6 is 11.8 Å². The molecule has 0 bridgehead atoms. The fourth-order valence-electron chi connectivity index (χ4n) is 2.28. The summed E-state index contributed by atoms with van der Waals surface area (Å²) in [5, 5.41) is 2.85. The molecule has 1 fully saturated rings. The van der Waals surface area contributed by atoms with E-state index in [-0.39, 0.29) is 17.8 Å². The van der Waals surface area contributed by atoms with Crippen LogP contribution in [0.25, 0.3) is 0 Å². The Hall–Kier alpha value is -0.710. The molecule has 1 atom stereocenters. The van der Waals surface area contributed by atoms with Crippen molar-refractivity contribution in [2.75, 3.05) is 19.1 Å². The molecule has 1 N–H and O–H groups in total. The molecule has 104 valence electrons. The van der Waals surface area contributed by atoms with E-state index >= 15 is 0 Å². The molecular weight excluding hydrogens is 250 g/mol. The Bertz CT molecular complexity index is 277. The molecular formula is C13H23NO3S. The normalized spacial score (nSPS) is 18.1. The Morgan fingerprint density at radius 2 is 2.00 bits per heavy atom. The van der Waals surface area contributed by atoms with E-state index < -0.39 is 6.04 Å². The lowest BCUT2D eigenvalue weighted by molar-refractivity contribution is -0.145. The molecule has 1 rings (SSSR count). The van der Waals surface area contributed by atoms with Crippen LogP contribution in [0.4, 0.5) is 0 Å². The van der Waals surface area contributed by atoms with E-state index in [1.807, 2.05) is 6.26 Å². The highest BCUT2D eigenvalue weighted by atomic mass is 32.2. The molecule has 1 aliphatic rings. The molecule has 0 saturated heterocycles. The van der Waals surface area contributed by atoms with Crippen molar-refractivity contribution in [3.8, 4) is 0 Å². The predicted molar refractivity (Wildman–Crippen MR) is 73.5 cm³/mol. The van der Waals surface area contributed by atoms with Gasteiger partial charge in [-0.05, 0) is 31.3 Å². The zero-order valence-corrected chi connectivity index (χ0v) is 12.1. The lowest BCUT2D eigenvalue weighted by Gasteiger charge is -2.23. The third kappa shape index (κ3) is 4.88. The van der Waals surface area contributed by atoms with E-state index in [4.69, 9.17) is 4.74 Å². The number of rotatable bonds is 6. The van der Waals surface area contributed by atoms with Gasteiger partial charge in [-0.1, -0.05) is 19.3 Å². The molecule has 0 spiro atoms. The van der Waals surface area contributed by atoms with Crippen molar-refractivity contribution < 1.29 is 14.3 Å². The maximum absolute atomic E-state index is 12.1. The third-order valence-corrected chi connectivity index (χ3v) is 4.03. The van der Waals surface area contributed by atoms with E-state index in [1.54, 1.807) is 11.8 Å². The number of carbonyl (C=O) groups is 2. The highest BCUT2D eigenvalue weighted by Gasteiger charge is 2.26. The fourth-order valence-corrected chi connectivity index (χ4v) is 2.75. The summed E-state index contributed by atoms with van der Waals surface area (Å²) in [5.41, 5.74) is 0. The molecule has 0 unspecified atom stereocenters. The molecule has 0 heterocycles. The quantitative estimate of drug-likeness (QED) is 0.752. The molecule has 0 radical (unpaired) electrons. The smallest absolute Gasteiger partial charge is 0.328 e. The first-order valence-corrected chi connectivity index (χ1v) is 7.95. The van der Waals surface area contributed by atoms with Gasteiger partial charge in [0, 0.05) is 5.92 Å². The molecule has 0 aromatic rings. The highest BCUT2D eigenvalue weighted by Crippen LogP contribution is 2.23. The van der Waals surface area contributed by atoms with Crippen LogP contribution in [0.15, 0.2) is 0 Å². The molecule has 1 saturated carbocycles. The maximum atomic E-state index is 12.1. The number of hydrogen-bond acceptors (Lipinski definition) is 4. The standard InChI is InChI=1S/C13H23NO3S/c1-17-13(16)11(8-9-18-2)14-12(15)10-6-4-3-5-7-10/h10-11H,3-9H2,1-2H3,(H,14,15)/t11-/m0/s1. The second-order valence-corrected chi connectivity index (χ2v) is 5.69. The van der Waals surface area contributed by atoms with Crippen LogP contribution < -0.4 is 5.32 Å². The number of esters is 1. The molecule has 0 aromatic carbocycles. The van der Waals surface area contributed by atoms with E-state index in [0.717, 1.165) is 31.4 Å². The van der Waals surface area contributed by atoms with Crippen molar-refractivity contribution in [2.24, 2.45) is 5.92 Å². The van der Waals surface area contributed by atoms with Gasteiger partial charge in [0.15, 0.2) is 0 Å². The number of methoxy groups -OCH3 is 1. The number of hydrogen-bond donors (Lipinski definition) is 1. The lowest BCUT2D eigenvalue weighted by atomic mass is 9.88. The SMILES string of the molecule is COC(=O)[C@H](CCSC)NC(=O)C1CCCCC1. The Balaban J connectivity index is 2.47. The van der Waals surface area contributed by atoms with Gasteiger partial charge in [0.1, 0.15) is 6.04 Å². The van der Waals surface area contributed by atoms with Crippen LogP contribution in [0.1, 0.15) is 38.5 Å². The van der Waals surface area contributed by atoms with Crippen molar-refractivity contribution in [1.29, 1.82) is 0 Å². The van der Waals surface area contributed by atoms with Gasteiger partial charge in [-0.2, -0.15) is 11.8 Å². The minimum Gasteiger partial charge on any atom is -0.467 e. The zero-order valence-electron chi connectivity index (χ0n) is 11.2. The molecule has 18 heavy (non-hydrogen) atoms. The second-order valence-electron chi connectivity index (χ2n) is 4.70. The van der Waals surface area contributed by atoms with Gasteiger partial charge in [0.05, 0.1) is 7.11 Å². The molecule has 1 aliphatic carbocycles. The third-order valence-electron chi connectivity index (χ3n) is 3.39. The monoisotopic (exact) mass is 273 g/mol. The average Bonchev–Trinajstić information content (AvgIpc) is 2.43. The number of amides is 1. The van der Waals surface area contributed by atoms with E-state index in [0.29, 0.717) is 6.42 Å². The summed E-state index contributed by atoms with van der Waals surface area (Å²) >= 11 is 1.66. The summed E-state index contributed by atoms with van der Waals surface area (Å²) in [5.74, 6) is 0.602. The summed E-state index contributed by atoms with van der Waals surface area (Å²) < 4.78 is 4.73. The minimum absolute atomic E-state index is 0.0196. The highest BCUT2D eigenvalue weighted by molar-refractivity contribution is 7.98. The van der Waals surface area contributed by atoms with Crippen LogP contribution in [-0.4, -0.2) is 37.0 Å². The number of nitrogens with one attached hydrogen (secondary N) is 1. The Morgan fingerprint density at radius 3 is 2.56 bits per heavy atom. The van der Waals surface area contributed by atoms with Crippen molar-refractivity contribution in [3.63, 3.8) is 0 Å². The van der Waals surface area contributed by atoms with Gasteiger partial charge in [-0.25, -0.2) is 4.79 Å². The average molecular weight is 273 g/mol. The lowest BCUT2D eigenvalue weighted by Crippen LogP contribution is -2.44. The first kappa shape index (κ1) is 15.3. The number of ether oxygens (including phenoxy) is 1. The van der Waals surface area contributed by atoms with E-state index in [9.17, 15) is 9.59 Å². The van der Waals surface area contributed by atoms with Gasteiger partial charge in [0.2, 0.25) is 5.91 Å². The molecule has 5 heteroatoms. The van der Waals surface area contributed by atoms with Crippen molar-refractivity contribution in [1.82, 2.24) is 5.32 Å². The summed E-state index contributed by atoms with van der Waals surface area (Å²) in [7, 11) is 1.36. The van der Waals surface area contributed by atoms with Gasteiger partial charge >= 0.3 is 5.97 Å². The van der Waals surface area contributed by atoms with Crippen molar-refractivity contribution in [3.05, 3.63) is 0 Å². The Labute approximate surface area is 113 Å². The summed E-state index contributed by atoms with van der Waals surface area (Å²) in [4.78, 5) is 23.7. The molecule has 4 nitrogen and oxygen atoms in total. The summed E-state index contributed by atoms with van der Waals surface area (Å²) in [6.07, 6.45) is 7.96. The molecule has 0 aliphatic heterocycles.